The highest BCUT2D eigenvalue weighted by molar-refractivity contribution is 8.77. The summed E-state index contributed by atoms with van der Waals surface area (Å²) in [4.78, 5) is 0. The lowest BCUT2D eigenvalue weighted by Crippen LogP contribution is -2.27. The van der Waals surface area contributed by atoms with E-state index in [0.29, 0.717) is 0 Å². The Bertz CT molecular complexity index is 413. The quantitative estimate of drug-likeness (QED) is 0.234. The maximum atomic E-state index is 4.22. The van der Waals surface area contributed by atoms with E-state index in [4.69, 9.17) is 0 Å². The Kier molecular flexibility index (Phi) is 8.80. The highest BCUT2D eigenvalue weighted by Gasteiger charge is 2.34. The van der Waals surface area contributed by atoms with Gasteiger partial charge in [0, 0.05) is 4.75 Å². The van der Waals surface area contributed by atoms with Crippen molar-refractivity contribution in [3.63, 3.8) is 0 Å². The highest BCUT2D eigenvalue weighted by Crippen LogP contribution is 2.53. The molecule has 0 aromatic heterocycles. The molecule has 0 N–H and O–H groups in total. The van der Waals surface area contributed by atoms with Gasteiger partial charge in [-0.05, 0) is 47.0 Å². The Morgan fingerprint density at radius 2 is 1.57 bits per heavy atom. The van der Waals surface area contributed by atoms with Crippen molar-refractivity contribution < 1.29 is 0 Å². The van der Waals surface area contributed by atoms with Crippen molar-refractivity contribution in [3.05, 3.63) is 48.6 Å². The van der Waals surface area contributed by atoms with Crippen LogP contribution in [0.3, 0.4) is 0 Å². The first kappa shape index (κ1) is 20.7. The van der Waals surface area contributed by atoms with E-state index >= 15 is 0 Å². The van der Waals surface area contributed by atoms with E-state index in [1.807, 2.05) is 27.7 Å². The largest absolute Gasteiger partial charge is 0.100 e. The van der Waals surface area contributed by atoms with E-state index in [-0.39, 0.29) is 9.49 Å². The van der Waals surface area contributed by atoms with Crippen LogP contribution in [0, 0.1) is 0 Å². The summed E-state index contributed by atoms with van der Waals surface area (Å²) < 4.78 is 0.213. The molecular formula is C19H32S2. The second kappa shape index (κ2) is 8.95. The molecule has 0 rings (SSSR count). The molecule has 0 aromatic carbocycles. The molecule has 0 aliphatic rings. The first-order valence-corrected chi connectivity index (χ1v) is 9.79. The fraction of sp³-hybridized carbons (Fsp3) is 0.579. The summed E-state index contributed by atoms with van der Waals surface area (Å²) >= 11 is 0. The first-order valence-electron chi connectivity index (χ1n) is 7.64. The molecule has 0 bridgehead atoms. The van der Waals surface area contributed by atoms with Gasteiger partial charge in [0.25, 0.3) is 0 Å². The molecule has 0 aliphatic carbocycles. The lowest BCUT2D eigenvalue weighted by Gasteiger charge is -2.37. The molecule has 0 saturated heterocycles. The van der Waals surface area contributed by atoms with Crippen LogP contribution < -0.4 is 0 Å². The van der Waals surface area contributed by atoms with Crippen molar-refractivity contribution in [1.29, 1.82) is 0 Å². The molecule has 0 fully saturated rings. The van der Waals surface area contributed by atoms with Gasteiger partial charge in [-0.1, -0.05) is 77.5 Å². The van der Waals surface area contributed by atoms with Gasteiger partial charge >= 0.3 is 0 Å². The topological polar surface area (TPSA) is 0 Å². The van der Waals surface area contributed by atoms with E-state index in [0.717, 1.165) is 19.3 Å². The van der Waals surface area contributed by atoms with E-state index < -0.39 is 0 Å². The van der Waals surface area contributed by atoms with Crippen molar-refractivity contribution in [2.24, 2.45) is 0 Å². The lowest BCUT2D eigenvalue weighted by atomic mass is 9.94. The van der Waals surface area contributed by atoms with Crippen molar-refractivity contribution in [2.75, 3.05) is 0 Å². The summed E-state index contributed by atoms with van der Waals surface area (Å²) in [5, 5.41) is 0. The number of hydrogen-bond acceptors (Lipinski definition) is 2. The second-order valence-corrected chi connectivity index (χ2v) is 9.11. The minimum atomic E-state index is -0.0521. The minimum absolute atomic E-state index is 0.0521. The van der Waals surface area contributed by atoms with Gasteiger partial charge in [-0.15, -0.1) is 6.58 Å². The zero-order chi connectivity index (χ0) is 16.7. The molecule has 120 valence electrons. The maximum absolute atomic E-state index is 4.22. The van der Waals surface area contributed by atoms with Crippen LogP contribution in [0.5, 0.6) is 0 Å². The van der Waals surface area contributed by atoms with Crippen LogP contribution in [0.1, 0.15) is 60.8 Å². The van der Waals surface area contributed by atoms with E-state index in [1.165, 1.54) is 16.7 Å². The Balaban J connectivity index is 5.28. The summed E-state index contributed by atoms with van der Waals surface area (Å²) in [6, 6.07) is 0. The molecule has 0 saturated carbocycles. The Morgan fingerprint density at radius 1 is 1.05 bits per heavy atom. The van der Waals surface area contributed by atoms with E-state index in [9.17, 15) is 0 Å². The van der Waals surface area contributed by atoms with Crippen LogP contribution in [-0.2, 0) is 0 Å². The van der Waals surface area contributed by atoms with Crippen LogP contribution in [0.15, 0.2) is 48.6 Å². The molecule has 0 spiro atoms. The normalized spacial score (nSPS) is 15.4. The summed E-state index contributed by atoms with van der Waals surface area (Å²) in [6.45, 7) is 25.4. The van der Waals surface area contributed by atoms with Crippen LogP contribution in [0.25, 0.3) is 0 Å². The van der Waals surface area contributed by atoms with Gasteiger partial charge in [0.05, 0.1) is 4.75 Å². The molecule has 0 aromatic rings. The Hall–Kier alpha value is -0.340. The Labute approximate surface area is 140 Å². The fourth-order valence-corrected chi connectivity index (χ4v) is 6.14. The lowest BCUT2D eigenvalue weighted by molar-refractivity contribution is 0.547. The maximum Gasteiger partial charge on any atom is 0.0647 e. The summed E-state index contributed by atoms with van der Waals surface area (Å²) in [7, 11) is 3.94. The molecule has 0 aliphatic heterocycles. The first-order chi connectivity index (χ1) is 9.67. The zero-order valence-electron chi connectivity index (χ0n) is 14.7. The molecule has 0 nitrogen and oxygen atoms in total. The molecular weight excluding hydrogens is 292 g/mol. The predicted octanol–water partition coefficient (Wildman–Crippen LogP) is 7.36. The van der Waals surface area contributed by atoms with Gasteiger partial charge in [-0.2, -0.15) is 0 Å². The van der Waals surface area contributed by atoms with Crippen LogP contribution in [0.2, 0.25) is 0 Å². The zero-order valence-corrected chi connectivity index (χ0v) is 16.3. The average Bonchev–Trinajstić information content (AvgIpc) is 2.42. The molecule has 0 heterocycles. The third-order valence-electron chi connectivity index (χ3n) is 4.23. The third kappa shape index (κ3) is 5.75. The summed E-state index contributed by atoms with van der Waals surface area (Å²) in [5.41, 5.74) is 3.76. The van der Waals surface area contributed by atoms with Crippen LogP contribution in [-0.4, -0.2) is 9.49 Å². The number of allylic oxidation sites excluding steroid dienone is 3. The smallest absolute Gasteiger partial charge is 0.0647 e. The molecule has 0 amide bonds. The summed E-state index contributed by atoms with van der Waals surface area (Å²) in [6.07, 6.45) is 7.35. The van der Waals surface area contributed by atoms with Crippen molar-refractivity contribution in [1.82, 2.24) is 0 Å². The van der Waals surface area contributed by atoms with Crippen LogP contribution in [0.4, 0.5) is 0 Å². The number of hydrogen-bond donors (Lipinski definition) is 0. The SMILES string of the molecule is C=C/C=C(\C)C(C)(SSC(CC)(CC)CC(=C)C)C(=C)C. The van der Waals surface area contributed by atoms with Gasteiger partial charge in [0.2, 0.25) is 0 Å². The van der Waals surface area contributed by atoms with Gasteiger partial charge < -0.3 is 0 Å². The molecule has 1 unspecified atom stereocenters. The van der Waals surface area contributed by atoms with E-state index in [2.05, 4.69) is 67.4 Å². The Morgan fingerprint density at radius 3 is 1.90 bits per heavy atom. The molecule has 21 heavy (non-hydrogen) atoms. The van der Waals surface area contributed by atoms with Gasteiger partial charge in [0.15, 0.2) is 0 Å². The third-order valence-corrected chi connectivity index (χ3v) is 8.71. The van der Waals surface area contributed by atoms with Gasteiger partial charge in [-0.3, -0.25) is 0 Å². The van der Waals surface area contributed by atoms with Crippen molar-refractivity contribution in [2.45, 2.75) is 70.3 Å². The number of rotatable bonds is 10. The van der Waals surface area contributed by atoms with Gasteiger partial charge in [-0.25, -0.2) is 0 Å². The van der Waals surface area contributed by atoms with Crippen molar-refractivity contribution in [3.8, 4) is 0 Å². The van der Waals surface area contributed by atoms with E-state index in [1.54, 1.807) is 0 Å². The van der Waals surface area contributed by atoms with Crippen molar-refractivity contribution >= 4 is 21.6 Å². The molecule has 2 heteroatoms. The standard InChI is InChI=1S/C19H32S2/c1-10-13-17(8)18(9,16(6)7)20-21-19(11-2,12-3)14-15(4)5/h10,13H,1,4,6,11-12,14H2,2-3,5,7-9H3/b17-13+. The predicted molar refractivity (Wildman–Crippen MR) is 105 cm³/mol. The average molecular weight is 325 g/mol. The van der Waals surface area contributed by atoms with Crippen LogP contribution >= 0.6 is 21.6 Å². The fourth-order valence-electron chi connectivity index (χ4n) is 2.18. The monoisotopic (exact) mass is 324 g/mol. The second-order valence-electron chi connectivity index (χ2n) is 6.09. The minimum Gasteiger partial charge on any atom is -0.100 e. The molecule has 0 radical (unpaired) electrons. The highest BCUT2D eigenvalue weighted by atomic mass is 33.1. The summed E-state index contributed by atoms with van der Waals surface area (Å²) in [5.74, 6) is 0. The van der Waals surface area contributed by atoms with Gasteiger partial charge in [0.1, 0.15) is 0 Å². The molecule has 1 atom stereocenters.